The van der Waals surface area contributed by atoms with Crippen molar-refractivity contribution in [1.82, 2.24) is 14.3 Å². The minimum Gasteiger partial charge on any atom is -0.497 e. The molecule has 1 aliphatic rings. The van der Waals surface area contributed by atoms with Gasteiger partial charge in [-0.05, 0) is 30.3 Å². The Morgan fingerprint density at radius 3 is 2.38 bits per heavy atom. The van der Waals surface area contributed by atoms with Crippen molar-refractivity contribution in [2.75, 3.05) is 38.2 Å². The molecule has 1 aromatic heterocycles. The lowest BCUT2D eigenvalue weighted by atomic mass is 10.1. The van der Waals surface area contributed by atoms with Crippen molar-refractivity contribution in [3.63, 3.8) is 0 Å². The number of methoxy groups -OCH3 is 1. The van der Waals surface area contributed by atoms with Gasteiger partial charge >= 0.3 is 0 Å². The zero-order valence-electron chi connectivity index (χ0n) is 17.3. The Hall–Kier alpha value is -3.57. The number of piperazine rings is 1. The molecule has 0 bridgehead atoms. The number of aromatic nitrogens is 2. The van der Waals surface area contributed by atoms with Crippen LogP contribution in [0.15, 0.2) is 65.8 Å². The Morgan fingerprint density at radius 1 is 1.00 bits per heavy atom. The van der Waals surface area contributed by atoms with Crippen LogP contribution in [0, 0.1) is 10.1 Å². The third-order valence-corrected chi connectivity index (χ3v) is 7.16. The summed E-state index contributed by atoms with van der Waals surface area (Å²) in [5.41, 5.74) is 1.42. The van der Waals surface area contributed by atoms with Crippen LogP contribution in [0.4, 0.5) is 11.5 Å². The molecule has 166 valence electrons. The smallest absolute Gasteiger partial charge is 0.270 e. The summed E-state index contributed by atoms with van der Waals surface area (Å²) in [5, 5.41) is 11.0. The Balaban J connectivity index is 1.48. The van der Waals surface area contributed by atoms with E-state index in [1.165, 1.54) is 28.8 Å². The normalized spacial score (nSPS) is 14.8. The lowest BCUT2D eigenvalue weighted by Crippen LogP contribution is -2.48. The number of nitro benzene ring substituents is 1. The van der Waals surface area contributed by atoms with Crippen molar-refractivity contribution in [2.45, 2.75) is 4.90 Å². The number of benzene rings is 2. The number of nitro groups is 1. The minimum atomic E-state index is -3.82. The second kappa shape index (κ2) is 8.89. The fraction of sp³-hybridized carbons (Fsp3) is 0.238. The van der Waals surface area contributed by atoms with E-state index in [-0.39, 0.29) is 23.7 Å². The van der Waals surface area contributed by atoms with Crippen LogP contribution in [0.25, 0.3) is 11.3 Å². The molecule has 32 heavy (non-hydrogen) atoms. The van der Waals surface area contributed by atoms with Crippen LogP contribution in [0.3, 0.4) is 0 Å². The molecule has 0 unspecified atom stereocenters. The van der Waals surface area contributed by atoms with Gasteiger partial charge in [0.15, 0.2) is 0 Å². The zero-order chi connectivity index (χ0) is 22.7. The van der Waals surface area contributed by atoms with Gasteiger partial charge in [-0.25, -0.2) is 18.4 Å². The molecule has 1 aliphatic heterocycles. The molecule has 1 saturated heterocycles. The minimum absolute atomic E-state index is 0.0796. The fourth-order valence-electron chi connectivity index (χ4n) is 3.50. The first-order valence-electron chi connectivity index (χ1n) is 9.84. The Labute approximate surface area is 185 Å². The zero-order valence-corrected chi connectivity index (χ0v) is 18.1. The molecule has 0 atom stereocenters. The third-order valence-electron chi connectivity index (χ3n) is 5.27. The topological polar surface area (TPSA) is 119 Å². The molecular weight excluding hydrogens is 434 g/mol. The molecule has 2 aromatic carbocycles. The standard InChI is InChI=1S/C21H21N5O5S/c1-31-18-7-5-16(6-8-18)20-14-21(23-15-22-20)24-9-11-25(12-10-24)32(29,30)19-4-2-3-17(13-19)26(27)28/h2-8,13-15H,9-12H2,1H3. The van der Waals surface area contributed by atoms with Crippen LogP contribution >= 0.6 is 0 Å². The molecule has 4 rings (SSSR count). The molecule has 10 nitrogen and oxygen atoms in total. The van der Waals surface area contributed by atoms with Gasteiger partial charge in [0.1, 0.15) is 17.9 Å². The first-order chi connectivity index (χ1) is 15.4. The molecule has 0 radical (unpaired) electrons. The van der Waals surface area contributed by atoms with Crippen LogP contribution in [0.5, 0.6) is 5.75 Å². The molecule has 3 aromatic rings. The van der Waals surface area contributed by atoms with Crippen molar-refractivity contribution in [3.05, 3.63) is 71.0 Å². The summed E-state index contributed by atoms with van der Waals surface area (Å²) in [6.07, 6.45) is 1.49. The van der Waals surface area contributed by atoms with Crippen molar-refractivity contribution in [3.8, 4) is 17.0 Å². The van der Waals surface area contributed by atoms with Crippen LogP contribution in [0.1, 0.15) is 0 Å². The number of ether oxygens (including phenoxy) is 1. The Kier molecular flexibility index (Phi) is 6.01. The summed E-state index contributed by atoms with van der Waals surface area (Å²) >= 11 is 0. The SMILES string of the molecule is COc1ccc(-c2cc(N3CCN(S(=O)(=O)c4cccc([N+](=O)[O-])c4)CC3)ncn2)cc1. The van der Waals surface area contributed by atoms with E-state index in [2.05, 4.69) is 9.97 Å². The highest BCUT2D eigenvalue weighted by Crippen LogP contribution is 2.26. The predicted molar refractivity (Wildman–Crippen MR) is 118 cm³/mol. The van der Waals surface area contributed by atoms with E-state index in [0.717, 1.165) is 23.1 Å². The highest BCUT2D eigenvalue weighted by atomic mass is 32.2. The number of nitrogens with zero attached hydrogens (tertiary/aromatic N) is 5. The Bertz CT molecular complexity index is 1230. The summed E-state index contributed by atoms with van der Waals surface area (Å²) in [6.45, 7) is 1.36. The highest BCUT2D eigenvalue weighted by molar-refractivity contribution is 7.89. The molecule has 1 fully saturated rings. The predicted octanol–water partition coefficient (Wildman–Crippen LogP) is 2.57. The average molecular weight is 455 g/mol. The van der Waals surface area contributed by atoms with Gasteiger partial charge < -0.3 is 9.64 Å². The molecular formula is C21H21N5O5S. The Morgan fingerprint density at radius 2 is 1.72 bits per heavy atom. The molecule has 2 heterocycles. The van der Waals surface area contributed by atoms with Crippen LogP contribution < -0.4 is 9.64 Å². The lowest BCUT2D eigenvalue weighted by Gasteiger charge is -2.34. The van der Waals surface area contributed by atoms with E-state index in [1.54, 1.807) is 7.11 Å². The van der Waals surface area contributed by atoms with Gasteiger partial charge in [-0.2, -0.15) is 4.31 Å². The maximum absolute atomic E-state index is 12.9. The van der Waals surface area contributed by atoms with Crippen LogP contribution in [-0.4, -0.2) is 60.9 Å². The summed E-state index contributed by atoms with van der Waals surface area (Å²) in [7, 11) is -2.22. The third kappa shape index (κ3) is 4.39. The number of sulfonamides is 1. The summed E-state index contributed by atoms with van der Waals surface area (Å²) in [5.74, 6) is 1.46. The van der Waals surface area contributed by atoms with Crippen molar-refractivity contribution in [2.24, 2.45) is 0 Å². The van der Waals surface area contributed by atoms with Crippen molar-refractivity contribution >= 4 is 21.5 Å². The number of hydrogen-bond acceptors (Lipinski definition) is 8. The number of hydrogen-bond donors (Lipinski definition) is 0. The average Bonchev–Trinajstić information content (AvgIpc) is 2.84. The van der Waals surface area contributed by atoms with E-state index >= 15 is 0 Å². The van der Waals surface area contributed by atoms with Gasteiger partial charge in [0.05, 0.1) is 22.6 Å². The van der Waals surface area contributed by atoms with Gasteiger partial charge in [0.25, 0.3) is 5.69 Å². The second-order valence-electron chi connectivity index (χ2n) is 7.14. The number of anilines is 1. The number of rotatable bonds is 6. The summed E-state index contributed by atoms with van der Waals surface area (Å²) in [4.78, 5) is 21.0. The van der Waals surface area contributed by atoms with Gasteiger partial charge in [0.2, 0.25) is 10.0 Å². The van der Waals surface area contributed by atoms with E-state index in [9.17, 15) is 18.5 Å². The molecule has 0 spiro atoms. The van der Waals surface area contributed by atoms with Gasteiger partial charge in [-0.15, -0.1) is 0 Å². The quantitative estimate of drug-likeness (QED) is 0.411. The molecule has 11 heteroatoms. The largest absolute Gasteiger partial charge is 0.497 e. The molecule has 0 amide bonds. The highest BCUT2D eigenvalue weighted by Gasteiger charge is 2.30. The van der Waals surface area contributed by atoms with E-state index in [1.807, 2.05) is 35.2 Å². The van der Waals surface area contributed by atoms with Crippen LogP contribution in [-0.2, 0) is 10.0 Å². The molecule has 0 N–H and O–H groups in total. The second-order valence-corrected chi connectivity index (χ2v) is 9.07. The number of non-ortho nitro benzene ring substituents is 1. The van der Waals surface area contributed by atoms with Crippen LogP contribution in [0.2, 0.25) is 0 Å². The van der Waals surface area contributed by atoms with E-state index in [4.69, 9.17) is 4.74 Å². The van der Waals surface area contributed by atoms with Gasteiger partial charge in [-0.3, -0.25) is 10.1 Å². The maximum Gasteiger partial charge on any atom is 0.270 e. The van der Waals surface area contributed by atoms with E-state index in [0.29, 0.717) is 18.9 Å². The fourth-order valence-corrected chi connectivity index (χ4v) is 4.97. The maximum atomic E-state index is 12.9. The monoisotopic (exact) mass is 455 g/mol. The van der Waals surface area contributed by atoms with Gasteiger partial charge in [-0.1, -0.05) is 6.07 Å². The first kappa shape index (κ1) is 21.7. The van der Waals surface area contributed by atoms with Gasteiger partial charge in [0, 0.05) is 49.9 Å². The van der Waals surface area contributed by atoms with Crippen molar-refractivity contribution < 1.29 is 18.1 Å². The first-order valence-corrected chi connectivity index (χ1v) is 11.3. The van der Waals surface area contributed by atoms with Crippen molar-refractivity contribution in [1.29, 1.82) is 0 Å². The lowest BCUT2D eigenvalue weighted by molar-refractivity contribution is -0.385. The molecule has 0 saturated carbocycles. The van der Waals surface area contributed by atoms with E-state index < -0.39 is 14.9 Å². The molecule has 0 aliphatic carbocycles. The summed E-state index contributed by atoms with van der Waals surface area (Å²) < 4.78 is 32.4. The summed E-state index contributed by atoms with van der Waals surface area (Å²) in [6, 6.07) is 14.5.